The number of nitrogens with zero attached hydrogens (tertiary/aromatic N) is 2. The van der Waals surface area contributed by atoms with Crippen LogP contribution in [0.1, 0.15) is 24.0 Å². The first-order valence-corrected chi connectivity index (χ1v) is 12.4. The summed E-state index contributed by atoms with van der Waals surface area (Å²) in [6.07, 6.45) is -2.69. The quantitative estimate of drug-likeness (QED) is 0.425. The molecule has 202 valence electrons. The number of hydrogen-bond donors (Lipinski definition) is 3. The molecular weight excluding hydrogens is 494 g/mol. The van der Waals surface area contributed by atoms with Crippen LogP contribution in [0.3, 0.4) is 0 Å². The van der Waals surface area contributed by atoms with Crippen LogP contribution in [0.4, 0.5) is 4.79 Å². The van der Waals surface area contributed by atoms with Gasteiger partial charge >= 0.3 is 12.1 Å². The molecule has 2 heterocycles. The van der Waals surface area contributed by atoms with E-state index in [0.29, 0.717) is 0 Å². The standard InChI is InChI=1S/C27H31N3O8/c31-20-11-22(29(14-20)24(33)13-28-27(36)38-17-19-9-5-2-6-10-19)25(34)30-15-21(32)12-23(30)26(35)37-16-18-7-3-1-4-8-18/h1-10,20-23,31-32H,11-17H2,(H,28,36)/t20-,21+,22-,23-/m1/s1. The molecule has 3 N–H and O–H groups in total. The van der Waals surface area contributed by atoms with Crippen LogP contribution in [0.15, 0.2) is 60.7 Å². The van der Waals surface area contributed by atoms with Gasteiger partial charge in [0.05, 0.1) is 12.2 Å². The van der Waals surface area contributed by atoms with Crippen molar-refractivity contribution in [3.8, 4) is 0 Å². The number of esters is 1. The van der Waals surface area contributed by atoms with E-state index < -0.39 is 54.7 Å². The molecule has 11 nitrogen and oxygen atoms in total. The molecule has 2 aliphatic rings. The number of hydrogen-bond acceptors (Lipinski definition) is 8. The van der Waals surface area contributed by atoms with Crippen LogP contribution in [-0.2, 0) is 37.1 Å². The summed E-state index contributed by atoms with van der Waals surface area (Å²) in [6, 6.07) is 16.0. The molecule has 11 heteroatoms. The molecule has 2 fully saturated rings. The van der Waals surface area contributed by atoms with Gasteiger partial charge in [-0.3, -0.25) is 9.59 Å². The fraction of sp³-hybridized carbons (Fsp3) is 0.407. The minimum Gasteiger partial charge on any atom is -0.459 e. The van der Waals surface area contributed by atoms with Crippen molar-refractivity contribution in [2.75, 3.05) is 19.6 Å². The van der Waals surface area contributed by atoms with Crippen molar-refractivity contribution in [1.29, 1.82) is 0 Å². The largest absolute Gasteiger partial charge is 0.459 e. The third-order valence-electron chi connectivity index (χ3n) is 6.54. The molecule has 0 radical (unpaired) electrons. The highest BCUT2D eigenvalue weighted by atomic mass is 16.5. The average molecular weight is 526 g/mol. The molecular formula is C27H31N3O8. The SMILES string of the molecule is O=C(NCC(=O)N1C[C@H](O)C[C@@H]1C(=O)N1C[C@@H](O)C[C@@H]1C(=O)OCc1ccccc1)OCc1ccccc1. The van der Waals surface area contributed by atoms with E-state index in [9.17, 15) is 29.4 Å². The molecule has 0 aromatic heterocycles. The lowest BCUT2D eigenvalue weighted by Gasteiger charge is -2.30. The molecule has 4 rings (SSSR count). The maximum atomic E-state index is 13.4. The molecule has 0 spiro atoms. The van der Waals surface area contributed by atoms with E-state index in [1.165, 1.54) is 9.80 Å². The van der Waals surface area contributed by atoms with Gasteiger partial charge in [0.15, 0.2) is 0 Å². The zero-order valence-electron chi connectivity index (χ0n) is 20.8. The zero-order chi connectivity index (χ0) is 27.1. The number of carbonyl (C=O) groups is 4. The second kappa shape index (κ2) is 12.5. The van der Waals surface area contributed by atoms with Gasteiger partial charge in [0.25, 0.3) is 0 Å². The van der Waals surface area contributed by atoms with Crippen LogP contribution < -0.4 is 5.32 Å². The Balaban J connectivity index is 1.33. The number of benzene rings is 2. The number of carbonyl (C=O) groups excluding carboxylic acids is 4. The number of ether oxygens (including phenoxy) is 2. The van der Waals surface area contributed by atoms with Gasteiger partial charge in [0.1, 0.15) is 31.8 Å². The van der Waals surface area contributed by atoms with Gasteiger partial charge in [-0.25, -0.2) is 9.59 Å². The summed E-state index contributed by atoms with van der Waals surface area (Å²) in [4.78, 5) is 53.5. The Hall–Kier alpha value is -3.96. The van der Waals surface area contributed by atoms with E-state index in [4.69, 9.17) is 9.47 Å². The summed E-state index contributed by atoms with van der Waals surface area (Å²) in [6.45, 7) is -0.579. The van der Waals surface area contributed by atoms with Gasteiger partial charge in [-0.1, -0.05) is 60.7 Å². The van der Waals surface area contributed by atoms with Crippen molar-refractivity contribution in [1.82, 2.24) is 15.1 Å². The first-order chi connectivity index (χ1) is 18.3. The molecule has 4 atom stereocenters. The molecule has 0 aliphatic carbocycles. The van der Waals surface area contributed by atoms with Crippen molar-refractivity contribution in [3.05, 3.63) is 71.8 Å². The van der Waals surface area contributed by atoms with E-state index >= 15 is 0 Å². The second-order valence-corrected chi connectivity index (χ2v) is 9.36. The van der Waals surface area contributed by atoms with Crippen molar-refractivity contribution >= 4 is 23.9 Å². The predicted molar refractivity (Wildman–Crippen MR) is 133 cm³/mol. The van der Waals surface area contributed by atoms with Crippen LogP contribution in [0.2, 0.25) is 0 Å². The highest BCUT2D eigenvalue weighted by Gasteiger charge is 2.47. The highest BCUT2D eigenvalue weighted by Crippen LogP contribution is 2.26. The van der Waals surface area contributed by atoms with Gasteiger partial charge in [-0.05, 0) is 11.1 Å². The minimum absolute atomic E-state index is 0.0113. The van der Waals surface area contributed by atoms with Crippen LogP contribution in [-0.4, -0.2) is 87.8 Å². The fourth-order valence-corrected chi connectivity index (χ4v) is 4.64. The van der Waals surface area contributed by atoms with Gasteiger partial charge in [0.2, 0.25) is 11.8 Å². The van der Waals surface area contributed by atoms with Crippen LogP contribution in [0, 0.1) is 0 Å². The average Bonchev–Trinajstić information content (AvgIpc) is 3.52. The number of rotatable bonds is 8. The molecule has 0 unspecified atom stereocenters. The topological polar surface area (TPSA) is 146 Å². The smallest absolute Gasteiger partial charge is 0.407 e. The second-order valence-electron chi connectivity index (χ2n) is 9.36. The summed E-state index contributed by atoms with van der Waals surface area (Å²) in [5.74, 6) is -1.81. The molecule has 38 heavy (non-hydrogen) atoms. The molecule has 0 saturated carbocycles. The van der Waals surface area contributed by atoms with Crippen molar-refractivity contribution in [3.63, 3.8) is 0 Å². The Labute approximate surface area is 219 Å². The molecule has 2 aromatic rings. The highest BCUT2D eigenvalue weighted by molar-refractivity contribution is 5.93. The first kappa shape index (κ1) is 27.1. The number of alkyl carbamates (subject to hydrolysis) is 1. The molecule has 0 bridgehead atoms. The summed E-state index contributed by atoms with van der Waals surface area (Å²) in [5.41, 5.74) is 1.56. The van der Waals surface area contributed by atoms with E-state index in [2.05, 4.69) is 5.32 Å². The van der Waals surface area contributed by atoms with E-state index in [0.717, 1.165) is 11.1 Å². The van der Waals surface area contributed by atoms with Gasteiger partial charge in [0, 0.05) is 25.9 Å². The fourth-order valence-electron chi connectivity index (χ4n) is 4.64. The number of aliphatic hydroxyl groups excluding tert-OH is 2. The monoisotopic (exact) mass is 525 g/mol. The normalized spacial score (nSPS) is 22.7. The summed E-state index contributed by atoms with van der Waals surface area (Å²) in [7, 11) is 0. The number of aliphatic hydroxyl groups is 2. The molecule has 2 aromatic carbocycles. The lowest BCUT2D eigenvalue weighted by Crippen LogP contribution is -2.52. The van der Waals surface area contributed by atoms with Crippen LogP contribution in [0.5, 0.6) is 0 Å². The Kier molecular flexibility index (Phi) is 8.93. The number of amides is 3. The maximum absolute atomic E-state index is 13.4. The Morgan fingerprint density at radius 1 is 0.763 bits per heavy atom. The number of β-amino-alcohol motifs (C(OH)–C–C–N with tert-alkyl or cyclic N) is 2. The third kappa shape index (κ3) is 6.87. The summed E-state index contributed by atoms with van der Waals surface area (Å²) < 4.78 is 10.5. The number of nitrogens with one attached hydrogen (secondary N) is 1. The van der Waals surface area contributed by atoms with Crippen LogP contribution in [0.25, 0.3) is 0 Å². The predicted octanol–water partition coefficient (Wildman–Crippen LogP) is 0.580. The first-order valence-electron chi connectivity index (χ1n) is 12.4. The lowest BCUT2D eigenvalue weighted by molar-refractivity contribution is -0.156. The summed E-state index contributed by atoms with van der Waals surface area (Å²) >= 11 is 0. The van der Waals surface area contributed by atoms with Gasteiger partial charge < -0.3 is 34.8 Å². The molecule has 2 aliphatic heterocycles. The minimum atomic E-state index is -1.05. The van der Waals surface area contributed by atoms with E-state index in [1.54, 1.807) is 24.3 Å². The van der Waals surface area contributed by atoms with Crippen molar-refractivity contribution < 1.29 is 38.9 Å². The van der Waals surface area contributed by atoms with Crippen molar-refractivity contribution in [2.45, 2.75) is 50.3 Å². The Morgan fingerprint density at radius 2 is 1.29 bits per heavy atom. The van der Waals surface area contributed by atoms with E-state index in [1.807, 2.05) is 36.4 Å². The summed E-state index contributed by atoms with van der Waals surface area (Å²) in [5, 5.41) is 22.8. The Bertz CT molecular complexity index is 1130. The maximum Gasteiger partial charge on any atom is 0.407 e. The zero-order valence-corrected chi connectivity index (χ0v) is 20.8. The van der Waals surface area contributed by atoms with Gasteiger partial charge in [-0.15, -0.1) is 0 Å². The molecule has 2 saturated heterocycles. The third-order valence-corrected chi connectivity index (χ3v) is 6.54. The Morgan fingerprint density at radius 3 is 1.89 bits per heavy atom. The molecule has 3 amide bonds. The lowest BCUT2D eigenvalue weighted by atomic mass is 10.1. The van der Waals surface area contributed by atoms with Crippen LogP contribution >= 0.6 is 0 Å². The van der Waals surface area contributed by atoms with Crippen molar-refractivity contribution in [2.24, 2.45) is 0 Å². The van der Waals surface area contributed by atoms with E-state index in [-0.39, 0.29) is 39.1 Å². The number of likely N-dealkylation sites (tertiary alicyclic amines) is 2. The van der Waals surface area contributed by atoms with Gasteiger partial charge in [-0.2, -0.15) is 0 Å².